The number of carbonyl (C=O) groups is 2. The Morgan fingerprint density at radius 1 is 1.24 bits per heavy atom. The Labute approximate surface area is 146 Å². The fourth-order valence-electron chi connectivity index (χ4n) is 1.83. The molecule has 0 aliphatic carbocycles. The monoisotopic (exact) mass is 371 g/mol. The maximum absolute atomic E-state index is 12.7. The summed E-state index contributed by atoms with van der Waals surface area (Å²) in [5.41, 5.74) is -0.908. The molecule has 134 valence electrons. The zero-order valence-corrected chi connectivity index (χ0v) is 14.3. The van der Waals surface area contributed by atoms with E-state index in [1.54, 1.807) is 0 Å². The van der Waals surface area contributed by atoms with Gasteiger partial charge in [0.15, 0.2) is 5.13 Å². The number of carbonyl (C=O) groups excluding carboxylic acids is 2. The zero-order chi connectivity index (χ0) is 18.6. The van der Waals surface area contributed by atoms with Crippen LogP contribution < -0.4 is 10.6 Å². The topological polar surface area (TPSA) is 71.1 Å². The van der Waals surface area contributed by atoms with Gasteiger partial charge in [-0.25, -0.2) is 4.98 Å². The summed E-state index contributed by atoms with van der Waals surface area (Å²) in [5.74, 6) is -0.818. The van der Waals surface area contributed by atoms with Gasteiger partial charge in [-0.2, -0.15) is 13.2 Å². The second-order valence-electron chi connectivity index (χ2n) is 5.67. The van der Waals surface area contributed by atoms with Gasteiger partial charge in [0.2, 0.25) is 0 Å². The third-order valence-corrected chi connectivity index (χ3v) is 3.84. The van der Waals surface area contributed by atoms with E-state index in [0.717, 1.165) is 29.5 Å². The average molecular weight is 371 g/mol. The van der Waals surface area contributed by atoms with E-state index in [4.69, 9.17) is 0 Å². The standard InChI is InChI=1S/C16H16F3N3O2S/c1-9(2)7-20-14(24)12-8-25-15(21-12)22-13(23)10-4-3-5-11(6-10)16(17,18)19/h3-6,8-9H,7H2,1-2H3,(H,20,24)(H,21,22,23). The van der Waals surface area contributed by atoms with Gasteiger partial charge in [-0.1, -0.05) is 19.9 Å². The zero-order valence-electron chi connectivity index (χ0n) is 13.5. The molecule has 2 N–H and O–H groups in total. The molecule has 5 nitrogen and oxygen atoms in total. The number of amides is 2. The summed E-state index contributed by atoms with van der Waals surface area (Å²) in [4.78, 5) is 27.9. The van der Waals surface area contributed by atoms with E-state index in [1.165, 1.54) is 11.4 Å². The maximum atomic E-state index is 12.7. The predicted molar refractivity (Wildman–Crippen MR) is 88.7 cm³/mol. The highest BCUT2D eigenvalue weighted by Gasteiger charge is 2.31. The molecule has 1 heterocycles. The Morgan fingerprint density at radius 3 is 2.60 bits per heavy atom. The highest BCUT2D eigenvalue weighted by Crippen LogP contribution is 2.29. The van der Waals surface area contributed by atoms with Gasteiger partial charge in [0.1, 0.15) is 5.69 Å². The molecule has 0 fully saturated rings. The molecule has 9 heteroatoms. The highest BCUT2D eigenvalue weighted by atomic mass is 32.1. The van der Waals surface area contributed by atoms with Crippen LogP contribution in [0.2, 0.25) is 0 Å². The van der Waals surface area contributed by atoms with Gasteiger partial charge in [-0.15, -0.1) is 11.3 Å². The van der Waals surface area contributed by atoms with Gasteiger partial charge in [-0.3, -0.25) is 14.9 Å². The molecule has 0 saturated carbocycles. The first kappa shape index (κ1) is 18.9. The Morgan fingerprint density at radius 2 is 1.96 bits per heavy atom. The second-order valence-corrected chi connectivity index (χ2v) is 6.53. The molecule has 0 aliphatic rings. The molecule has 0 unspecified atom stereocenters. The fraction of sp³-hybridized carbons (Fsp3) is 0.312. The van der Waals surface area contributed by atoms with Gasteiger partial charge in [-0.05, 0) is 24.1 Å². The van der Waals surface area contributed by atoms with Crippen LogP contribution in [0, 0.1) is 5.92 Å². The number of nitrogens with one attached hydrogen (secondary N) is 2. The largest absolute Gasteiger partial charge is 0.416 e. The molecule has 0 saturated heterocycles. The van der Waals surface area contributed by atoms with Crippen LogP contribution in [0.1, 0.15) is 40.3 Å². The second kappa shape index (κ2) is 7.64. The van der Waals surface area contributed by atoms with Gasteiger partial charge in [0.05, 0.1) is 5.56 Å². The molecular weight excluding hydrogens is 355 g/mol. The molecule has 0 radical (unpaired) electrons. The number of nitrogens with zero attached hydrogens (tertiary/aromatic N) is 1. The first-order valence-corrected chi connectivity index (χ1v) is 8.27. The number of rotatable bonds is 5. The minimum atomic E-state index is -4.53. The lowest BCUT2D eigenvalue weighted by Gasteiger charge is -2.08. The molecule has 2 aromatic rings. The lowest BCUT2D eigenvalue weighted by atomic mass is 10.1. The Bertz CT molecular complexity index is 772. The number of thiazole rings is 1. The van der Waals surface area contributed by atoms with Crippen LogP contribution in [-0.4, -0.2) is 23.3 Å². The molecular formula is C16H16F3N3O2S. The van der Waals surface area contributed by atoms with Crippen LogP contribution in [0.15, 0.2) is 29.6 Å². The van der Waals surface area contributed by atoms with Crippen LogP contribution in [0.5, 0.6) is 0 Å². The number of aromatic nitrogens is 1. The lowest BCUT2D eigenvalue weighted by Crippen LogP contribution is -2.27. The Balaban J connectivity index is 2.05. The van der Waals surface area contributed by atoms with Crippen molar-refractivity contribution in [3.8, 4) is 0 Å². The summed E-state index contributed by atoms with van der Waals surface area (Å²) in [7, 11) is 0. The van der Waals surface area contributed by atoms with Crippen molar-refractivity contribution < 1.29 is 22.8 Å². The normalized spacial score (nSPS) is 11.4. The molecule has 25 heavy (non-hydrogen) atoms. The van der Waals surface area contributed by atoms with E-state index in [0.29, 0.717) is 6.54 Å². The van der Waals surface area contributed by atoms with Crippen LogP contribution in [0.25, 0.3) is 0 Å². The van der Waals surface area contributed by atoms with Crippen molar-refractivity contribution in [2.24, 2.45) is 5.92 Å². The fourth-order valence-corrected chi connectivity index (χ4v) is 2.51. The lowest BCUT2D eigenvalue weighted by molar-refractivity contribution is -0.137. The molecule has 1 aromatic heterocycles. The van der Waals surface area contributed by atoms with E-state index < -0.39 is 17.6 Å². The summed E-state index contributed by atoms with van der Waals surface area (Å²) in [6.07, 6.45) is -4.53. The first-order chi connectivity index (χ1) is 11.7. The van der Waals surface area contributed by atoms with Gasteiger partial charge >= 0.3 is 6.18 Å². The van der Waals surface area contributed by atoms with Crippen molar-refractivity contribution in [1.82, 2.24) is 10.3 Å². The number of alkyl halides is 3. The van der Waals surface area contributed by atoms with E-state index in [9.17, 15) is 22.8 Å². The van der Waals surface area contributed by atoms with Crippen molar-refractivity contribution in [3.05, 3.63) is 46.5 Å². The quantitative estimate of drug-likeness (QED) is 0.840. The number of hydrogen-bond donors (Lipinski definition) is 2. The first-order valence-electron chi connectivity index (χ1n) is 7.39. The third-order valence-electron chi connectivity index (χ3n) is 3.08. The van der Waals surface area contributed by atoms with Crippen LogP contribution >= 0.6 is 11.3 Å². The number of anilines is 1. The summed E-state index contributed by atoms with van der Waals surface area (Å²) >= 11 is 1.02. The molecule has 2 rings (SSSR count). The van der Waals surface area contributed by atoms with Crippen LogP contribution in [0.4, 0.5) is 18.3 Å². The number of halogens is 3. The van der Waals surface area contributed by atoms with Crippen molar-refractivity contribution >= 4 is 28.3 Å². The number of hydrogen-bond acceptors (Lipinski definition) is 4. The average Bonchev–Trinajstić information content (AvgIpc) is 3.00. The molecule has 0 spiro atoms. The summed E-state index contributed by atoms with van der Waals surface area (Å²) in [6, 6.07) is 4.08. The van der Waals surface area contributed by atoms with Gasteiger partial charge in [0.25, 0.3) is 11.8 Å². The van der Waals surface area contributed by atoms with E-state index in [1.807, 2.05) is 13.8 Å². The highest BCUT2D eigenvalue weighted by molar-refractivity contribution is 7.14. The van der Waals surface area contributed by atoms with E-state index >= 15 is 0 Å². The van der Waals surface area contributed by atoms with Crippen molar-refractivity contribution in [3.63, 3.8) is 0 Å². The Hall–Kier alpha value is -2.42. The van der Waals surface area contributed by atoms with Crippen LogP contribution in [-0.2, 0) is 6.18 Å². The SMILES string of the molecule is CC(C)CNC(=O)c1csc(NC(=O)c2cccc(C(F)(F)F)c2)n1. The molecule has 0 atom stereocenters. The summed E-state index contributed by atoms with van der Waals surface area (Å²) in [6.45, 7) is 4.38. The van der Waals surface area contributed by atoms with E-state index in [2.05, 4.69) is 15.6 Å². The van der Waals surface area contributed by atoms with Crippen molar-refractivity contribution in [2.45, 2.75) is 20.0 Å². The van der Waals surface area contributed by atoms with Crippen LogP contribution in [0.3, 0.4) is 0 Å². The van der Waals surface area contributed by atoms with Gasteiger partial charge < -0.3 is 5.32 Å². The maximum Gasteiger partial charge on any atom is 0.416 e. The van der Waals surface area contributed by atoms with Crippen molar-refractivity contribution in [2.75, 3.05) is 11.9 Å². The van der Waals surface area contributed by atoms with E-state index in [-0.39, 0.29) is 28.2 Å². The summed E-state index contributed by atoms with van der Waals surface area (Å²) in [5, 5.41) is 6.69. The van der Waals surface area contributed by atoms with Gasteiger partial charge in [0, 0.05) is 17.5 Å². The number of benzene rings is 1. The van der Waals surface area contributed by atoms with Crippen molar-refractivity contribution in [1.29, 1.82) is 0 Å². The molecule has 0 aliphatic heterocycles. The molecule has 1 aromatic carbocycles. The Kier molecular flexibility index (Phi) is 5.78. The minimum Gasteiger partial charge on any atom is -0.350 e. The minimum absolute atomic E-state index is 0.136. The third kappa shape index (κ3) is 5.28. The molecule has 0 bridgehead atoms. The smallest absolute Gasteiger partial charge is 0.350 e. The predicted octanol–water partition coefficient (Wildman–Crippen LogP) is 3.80. The summed E-state index contributed by atoms with van der Waals surface area (Å²) < 4.78 is 38.1. The molecule has 2 amide bonds.